The van der Waals surface area contributed by atoms with Gasteiger partial charge in [0, 0.05) is 53.9 Å². The van der Waals surface area contributed by atoms with Crippen molar-refractivity contribution in [3.8, 4) is 5.75 Å². The number of carbonyl (C=O) groups is 1. The summed E-state index contributed by atoms with van der Waals surface area (Å²) in [5.41, 5.74) is 3.77. The fraction of sp³-hybridized carbons (Fsp3) is 0.391. The van der Waals surface area contributed by atoms with Crippen molar-refractivity contribution >= 4 is 63.5 Å². The van der Waals surface area contributed by atoms with Crippen LogP contribution < -0.4 is 9.64 Å². The fourth-order valence-electron chi connectivity index (χ4n) is 8.89. The number of allylic oxidation sites excluding steroid dienone is 7. The maximum atomic E-state index is 12.2. The first kappa shape index (κ1) is 51.4. The number of ether oxygens (including phenoxy) is 1. The van der Waals surface area contributed by atoms with Gasteiger partial charge < -0.3 is 19.3 Å². The molecule has 0 unspecified atom stereocenters. The van der Waals surface area contributed by atoms with Gasteiger partial charge in [0.2, 0.25) is 5.69 Å². The molecule has 0 aromatic heterocycles. The van der Waals surface area contributed by atoms with Gasteiger partial charge in [0.1, 0.15) is 28.2 Å². The molecule has 1 aliphatic carbocycles. The van der Waals surface area contributed by atoms with E-state index in [1.807, 2.05) is 61.5 Å². The Balaban J connectivity index is 1.48. The molecule has 362 valence electrons. The summed E-state index contributed by atoms with van der Waals surface area (Å²) < 4.78 is 145. The third-order valence-corrected chi connectivity index (χ3v) is 15.7. The van der Waals surface area contributed by atoms with Crippen molar-refractivity contribution in [1.29, 1.82) is 0 Å². The number of nitrogens with zero attached hydrogens (tertiary/aromatic N) is 2. The molecule has 0 saturated carbocycles. The molecule has 0 fully saturated rings. The zero-order chi connectivity index (χ0) is 49.3. The quantitative estimate of drug-likeness (QED) is 0.0515. The molecule has 0 spiro atoms. The molecule has 0 atom stereocenters. The van der Waals surface area contributed by atoms with E-state index >= 15 is 0 Å². The van der Waals surface area contributed by atoms with Crippen molar-refractivity contribution < 1.29 is 71.1 Å². The number of aliphatic carboxylic acids is 1. The van der Waals surface area contributed by atoms with Crippen LogP contribution in [0.1, 0.15) is 96.6 Å². The molecule has 67 heavy (non-hydrogen) atoms. The van der Waals surface area contributed by atoms with E-state index in [2.05, 4.69) is 0 Å². The number of unbranched alkanes of at least 4 members (excludes halogenated alkanes) is 3. The van der Waals surface area contributed by atoms with Crippen LogP contribution in [-0.2, 0) is 56.1 Å². The molecule has 3 aromatic carbocycles. The summed E-state index contributed by atoms with van der Waals surface area (Å²) in [6, 6.07) is 13.7. The molecule has 0 saturated heterocycles. The van der Waals surface area contributed by atoms with Gasteiger partial charge in [-0.25, -0.2) is 8.42 Å². The van der Waals surface area contributed by atoms with E-state index in [9.17, 15) is 61.8 Å². The average molecular weight is 1000 g/mol. The highest BCUT2D eigenvalue weighted by Crippen LogP contribution is 2.49. The van der Waals surface area contributed by atoms with E-state index in [1.165, 1.54) is 48.5 Å². The van der Waals surface area contributed by atoms with Crippen molar-refractivity contribution in [1.82, 2.24) is 0 Å². The van der Waals surface area contributed by atoms with E-state index in [0.29, 0.717) is 91.0 Å². The average Bonchev–Trinajstić information content (AvgIpc) is 3.57. The largest absolute Gasteiger partial charge is 0.744 e. The standard InChI is InChI=1S/C46H54N2O15S4/c1-45(2)37-29-35(66(57,58)59)20-22-39(37)47(26-7-5-6-13-43(49)50)41(45)24-14-31-11-10-12-32(44(31)63-33-16-18-34(19-17-33)65(54,55)56)15-25-42-46(3,4)38-30-36(67(60,61)62)21-23-40(38)48(42)27-8-9-28-64(51,52)53/h14-25,29-30H,5-13,26-28H2,1-4H3,(H4-,49,50,51,52,53,54,55,56,57,58,59,60,61,62). The van der Waals surface area contributed by atoms with Crippen molar-refractivity contribution in [2.45, 2.75) is 111 Å². The highest BCUT2D eigenvalue weighted by Gasteiger charge is 2.45. The van der Waals surface area contributed by atoms with Crippen LogP contribution in [0.15, 0.2) is 122 Å². The SMILES string of the molecule is CC1(C)C(/C=C/C2=C(Oc3ccc(S(=O)(=O)O)cc3)C(=C/C=C3/N(CCCCS(=O)(=O)O)c4ccc(S(=O)(=O)O)cc4C3(C)C)/CCC2)=[N+](CCCCCC(=O)O)c2ccc(S(=O)(=O)[O-])cc21. The Kier molecular flexibility index (Phi) is 15.0. The predicted molar refractivity (Wildman–Crippen MR) is 249 cm³/mol. The molecule has 2 heterocycles. The molecular formula is C46H54N2O15S4. The van der Waals surface area contributed by atoms with E-state index < -0.39 is 63.0 Å². The summed E-state index contributed by atoms with van der Waals surface area (Å²) in [4.78, 5) is 12.1. The summed E-state index contributed by atoms with van der Waals surface area (Å²) in [7, 11) is -18.1. The smallest absolute Gasteiger partial charge is 0.303 e. The zero-order valence-corrected chi connectivity index (χ0v) is 40.6. The minimum atomic E-state index is -4.78. The van der Waals surface area contributed by atoms with E-state index in [4.69, 9.17) is 4.74 Å². The molecule has 6 rings (SSSR count). The van der Waals surface area contributed by atoms with Gasteiger partial charge in [-0.15, -0.1) is 0 Å². The lowest BCUT2D eigenvalue weighted by molar-refractivity contribution is -0.438. The minimum absolute atomic E-state index is 0.0137. The molecule has 0 radical (unpaired) electrons. The summed E-state index contributed by atoms with van der Waals surface area (Å²) in [6.45, 7) is 8.32. The van der Waals surface area contributed by atoms with E-state index in [1.54, 1.807) is 12.1 Å². The first-order valence-corrected chi connectivity index (χ1v) is 27.4. The van der Waals surface area contributed by atoms with Crippen LogP contribution >= 0.6 is 0 Å². The highest BCUT2D eigenvalue weighted by atomic mass is 32.2. The first-order chi connectivity index (χ1) is 31.1. The molecule has 3 aliphatic rings. The number of benzene rings is 3. The Labute approximate surface area is 391 Å². The molecule has 4 N–H and O–H groups in total. The Morgan fingerprint density at radius 1 is 0.746 bits per heavy atom. The second kappa shape index (κ2) is 19.5. The normalized spacial score (nSPS) is 18.6. The summed E-state index contributed by atoms with van der Waals surface area (Å²) in [6.07, 6.45) is 11.4. The van der Waals surface area contributed by atoms with Crippen LogP contribution in [0.25, 0.3) is 0 Å². The number of carboxylic acid groups (broad SMARTS) is 1. The molecular weight excluding hydrogens is 949 g/mol. The first-order valence-electron chi connectivity index (χ1n) is 21.5. The van der Waals surface area contributed by atoms with Crippen molar-refractivity contribution in [2.75, 3.05) is 23.7 Å². The summed E-state index contributed by atoms with van der Waals surface area (Å²) in [5.74, 6) is -0.680. The Bertz CT molecular complexity index is 3070. The molecule has 0 amide bonds. The number of anilines is 1. The van der Waals surface area contributed by atoms with Crippen molar-refractivity contribution in [3.63, 3.8) is 0 Å². The van der Waals surface area contributed by atoms with Crippen LogP contribution in [0.2, 0.25) is 0 Å². The maximum absolute atomic E-state index is 12.2. The molecule has 17 nitrogen and oxygen atoms in total. The Morgan fingerprint density at radius 2 is 1.39 bits per heavy atom. The zero-order valence-electron chi connectivity index (χ0n) is 37.4. The number of hydrogen-bond acceptors (Lipinski definition) is 12. The van der Waals surface area contributed by atoms with Crippen LogP contribution in [0.5, 0.6) is 5.75 Å². The lowest BCUT2D eigenvalue weighted by Crippen LogP contribution is -2.28. The number of hydrogen-bond donors (Lipinski definition) is 4. The fourth-order valence-corrected chi connectivity index (χ4v) is 10.9. The van der Waals surface area contributed by atoms with Crippen molar-refractivity contribution in [2.24, 2.45) is 0 Å². The maximum Gasteiger partial charge on any atom is 0.303 e. The summed E-state index contributed by atoms with van der Waals surface area (Å²) in [5, 5.41) is 9.18. The van der Waals surface area contributed by atoms with Crippen LogP contribution in [-0.4, -0.2) is 92.1 Å². The van der Waals surface area contributed by atoms with Crippen LogP contribution in [0.3, 0.4) is 0 Å². The molecule has 0 bridgehead atoms. The second-order valence-corrected chi connectivity index (χ2v) is 23.6. The molecule has 2 aliphatic heterocycles. The third kappa shape index (κ3) is 12.0. The van der Waals surface area contributed by atoms with Gasteiger partial charge in [-0.1, -0.05) is 19.9 Å². The van der Waals surface area contributed by atoms with Crippen molar-refractivity contribution in [3.05, 3.63) is 119 Å². The van der Waals surface area contributed by atoms with Gasteiger partial charge >= 0.3 is 5.97 Å². The van der Waals surface area contributed by atoms with Crippen LogP contribution in [0.4, 0.5) is 11.4 Å². The van der Waals surface area contributed by atoms with Crippen LogP contribution in [0, 0.1) is 0 Å². The summed E-state index contributed by atoms with van der Waals surface area (Å²) >= 11 is 0. The Morgan fingerprint density at radius 3 is 2.01 bits per heavy atom. The number of fused-ring (bicyclic) bond motifs is 2. The van der Waals surface area contributed by atoms with Gasteiger partial charge in [-0.05, 0) is 142 Å². The van der Waals surface area contributed by atoms with Gasteiger partial charge in [0.25, 0.3) is 30.4 Å². The van der Waals surface area contributed by atoms with E-state index in [-0.39, 0.29) is 39.8 Å². The minimum Gasteiger partial charge on any atom is -0.744 e. The highest BCUT2D eigenvalue weighted by molar-refractivity contribution is 7.86. The lowest BCUT2D eigenvalue weighted by atomic mass is 9.81. The third-order valence-electron chi connectivity index (χ3n) is 12.3. The lowest BCUT2D eigenvalue weighted by Gasteiger charge is -2.27. The number of carboxylic acids is 1. The second-order valence-electron chi connectivity index (χ2n) is 17.8. The van der Waals surface area contributed by atoms with E-state index in [0.717, 1.165) is 11.3 Å². The Hall–Kier alpha value is -5.00. The van der Waals surface area contributed by atoms with Gasteiger partial charge in [-0.2, -0.15) is 29.8 Å². The molecule has 21 heteroatoms. The monoisotopic (exact) mass is 1000 g/mol. The van der Waals surface area contributed by atoms with Gasteiger partial charge in [0.15, 0.2) is 5.71 Å². The number of rotatable bonds is 19. The molecule has 3 aromatic rings. The predicted octanol–water partition coefficient (Wildman–Crippen LogP) is 7.45. The topological polar surface area (TPSA) is 273 Å². The van der Waals surface area contributed by atoms with Gasteiger partial charge in [-0.3, -0.25) is 18.5 Å². The van der Waals surface area contributed by atoms with Gasteiger partial charge in [0.05, 0.1) is 25.9 Å².